The van der Waals surface area contributed by atoms with Gasteiger partial charge in [0.05, 0.1) is 24.1 Å². The van der Waals surface area contributed by atoms with E-state index in [9.17, 15) is 22.8 Å². The van der Waals surface area contributed by atoms with E-state index in [-0.39, 0.29) is 49.2 Å². The minimum absolute atomic E-state index is 0.148. The summed E-state index contributed by atoms with van der Waals surface area (Å²) >= 11 is 0. The van der Waals surface area contributed by atoms with Gasteiger partial charge < -0.3 is 5.73 Å². The van der Waals surface area contributed by atoms with Gasteiger partial charge in [-0.1, -0.05) is 12.1 Å². The Kier molecular flexibility index (Phi) is 4.76. The van der Waals surface area contributed by atoms with E-state index in [0.29, 0.717) is 11.4 Å². The highest BCUT2D eigenvalue weighted by Crippen LogP contribution is 2.55. The summed E-state index contributed by atoms with van der Waals surface area (Å²) in [7, 11) is 1.54. The van der Waals surface area contributed by atoms with Crippen LogP contribution in [0.25, 0.3) is 0 Å². The summed E-state index contributed by atoms with van der Waals surface area (Å²) in [5.74, 6) is -5.61. The first-order valence-corrected chi connectivity index (χ1v) is 10.4. The molecule has 2 N–H and O–H groups in total. The fourth-order valence-electron chi connectivity index (χ4n) is 4.12. The van der Waals surface area contributed by atoms with Gasteiger partial charge in [0.2, 0.25) is 11.7 Å². The largest absolute Gasteiger partial charge is 0.363 e. The highest BCUT2D eigenvalue weighted by Gasteiger charge is 2.59. The van der Waals surface area contributed by atoms with Crippen molar-refractivity contribution in [3.63, 3.8) is 0 Å². The molecule has 2 atom stereocenters. The molecule has 172 valence electrons. The van der Waals surface area contributed by atoms with Crippen molar-refractivity contribution in [1.82, 2.24) is 24.5 Å². The number of amides is 2. The minimum Gasteiger partial charge on any atom is -0.363 e. The van der Waals surface area contributed by atoms with Crippen molar-refractivity contribution in [3.05, 3.63) is 59.1 Å². The van der Waals surface area contributed by atoms with Gasteiger partial charge in [-0.2, -0.15) is 5.10 Å². The molecule has 9 nitrogen and oxygen atoms in total. The zero-order chi connectivity index (χ0) is 23.5. The van der Waals surface area contributed by atoms with E-state index >= 15 is 0 Å². The van der Waals surface area contributed by atoms with Gasteiger partial charge in [0.1, 0.15) is 17.5 Å². The van der Waals surface area contributed by atoms with Crippen LogP contribution in [-0.4, -0.2) is 49.3 Å². The number of carbonyl (C=O) groups is 2. The maximum Gasteiger partial charge on any atom is 0.288 e. The molecule has 1 aliphatic heterocycles. The molecular weight excluding hydrogens is 439 g/mol. The van der Waals surface area contributed by atoms with Crippen molar-refractivity contribution >= 4 is 17.6 Å². The number of fused-ring (bicyclic) bond motifs is 1. The van der Waals surface area contributed by atoms with Gasteiger partial charge in [0.25, 0.3) is 11.8 Å². The lowest BCUT2D eigenvalue weighted by molar-refractivity contribution is -0.120. The van der Waals surface area contributed by atoms with Crippen LogP contribution in [-0.2, 0) is 17.9 Å². The lowest BCUT2D eigenvalue weighted by Crippen LogP contribution is -2.32. The number of anilines is 1. The number of likely N-dealkylation sites (N-methyl/N-ethyl adjacent to an activating group) is 1. The summed E-state index contributed by atoms with van der Waals surface area (Å²) in [5, 5.41) is 8.46. The molecule has 1 fully saturated rings. The zero-order valence-corrected chi connectivity index (χ0v) is 17.6. The van der Waals surface area contributed by atoms with Crippen LogP contribution in [0.2, 0.25) is 0 Å². The molecule has 1 saturated carbocycles. The first kappa shape index (κ1) is 21.2. The molecule has 0 saturated heterocycles. The predicted molar refractivity (Wildman–Crippen MR) is 109 cm³/mol. The van der Waals surface area contributed by atoms with Crippen LogP contribution in [0.15, 0.2) is 30.3 Å². The molecule has 0 spiro atoms. The van der Waals surface area contributed by atoms with Crippen molar-refractivity contribution in [2.45, 2.75) is 43.7 Å². The molecule has 5 rings (SSSR count). The number of aromatic nitrogens is 5. The Hall–Kier alpha value is -3.70. The van der Waals surface area contributed by atoms with Crippen LogP contribution in [0.1, 0.15) is 52.4 Å². The second-order valence-electron chi connectivity index (χ2n) is 8.35. The number of hydrogen-bond acceptors (Lipinski definition) is 5. The molecule has 1 aliphatic carbocycles. The molecule has 2 aromatic heterocycles. The highest BCUT2D eigenvalue weighted by atomic mass is 19.3. The lowest BCUT2D eigenvalue weighted by atomic mass is 10.0. The molecule has 12 heteroatoms. The third-order valence-electron chi connectivity index (χ3n) is 6.04. The topological polar surface area (TPSA) is 112 Å². The van der Waals surface area contributed by atoms with Crippen molar-refractivity contribution < 1.29 is 22.8 Å². The van der Waals surface area contributed by atoms with Crippen molar-refractivity contribution in [2.24, 2.45) is 5.73 Å². The summed E-state index contributed by atoms with van der Waals surface area (Å²) in [4.78, 5) is 30.6. The summed E-state index contributed by atoms with van der Waals surface area (Å²) in [5.41, 5.74) is 6.32. The van der Waals surface area contributed by atoms with E-state index in [0.717, 1.165) is 0 Å². The average Bonchev–Trinajstić information content (AvgIpc) is 3.11. The van der Waals surface area contributed by atoms with Gasteiger partial charge in [0, 0.05) is 26.1 Å². The lowest BCUT2D eigenvalue weighted by Gasteiger charge is -2.19. The molecule has 0 unspecified atom stereocenters. The van der Waals surface area contributed by atoms with Gasteiger partial charge in [0.15, 0.2) is 0 Å². The molecular formula is C21H20F3N7O2. The molecule has 3 aromatic rings. The van der Waals surface area contributed by atoms with E-state index in [1.807, 2.05) is 0 Å². The molecule has 2 amide bonds. The Labute approximate surface area is 186 Å². The van der Waals surface area contributed by atoms with Crippen molar-refractivity contribution in [2.75, 3.05) is 11.9 Å². The molecule has 33 heavy (non-hydrogen) atoms. The van der Waals surface area contributed by atoms with Crippen LogP contribution in [0, 0.1) is 5.82 Å². The second kappa shape index (κ2) is 7.42. The smallest absolute Gasteiger partial charge is 0.288 e. The van der Waals surface area contributed by atoms with Crippen LogP contribution in [0.4, 0.5) is 19.0 Å². The number of aryl methyl sites for hydroxylation is 1. The average molecular weight is 459 g/mol. The quantitative estimate of drug-likeness (QED) is 0.628. The van der Waals surface area contributed by atoms with E-state index in [1.165, 1.54) is 32.5 Å². The Balaban J connectivity index is 1.46. The predicted octanol–water partition coefficient (Wildman–Crippen LogP) is 2.03. The number of nitrogens with two attached hydrogens (primary N) is 1. The number of hydrogen-bond donors (Lipinski definition) is 1. The fourth-order valence-corrected chi connectivity index (χ4v) is 4.12. The SMILES string of the molecule is CN1C(=O)[C@H](c2nc(C(N)=O)nn2Cc2ccc(F)cc2)CCn2nc([C@@H]3CC3(F)F)cc21. The van der Waals surface area contributed by atoms with Crippen LogP contribution in [0.5, 0.6) is 0 Å². The Morgan fingerprint density at radius 2 is 1.94 bits per heavy atom. The number of rotatable bonds is 5. The number of alkyl halides is 2. The number of halogens is 3. The number of benzene rings is 1. The van der Waals surface area contributed by atoms with Gasteiger partial charge in [-0.05, 0) is 24.1 Å². The third kappa shape index (κ3) is 3.74. The van der Waals surface area contributed by atoms with Gasteiger partial charge in [-0.25, -0.2) is 27.5 Å². The maximum absolute atomic E-state index is 13.5. The van der Waals surface area contributed by atoms with Crippen molar-refractivity contribution in [3.8, 4) is 0 Å². The normalized spacial score (nSPS) is 21.6. The van der Waals surface area contributed by atoms with E-state index in [1.54, 1.807) is 19.2 Å². The van der Waals surface area contributed by atoms with E-state index < -0.39 is 29.5 Å². The molecule has 2 aliphatic rings. The number of nitrogens with zero attached hydrogens (tertiary/aromatic N) is 6. The number of primary amides is 1. The molecule has 1 aromatic carbocycles. The Morgan fingerprint density at radius 3 is 2.58 bits per heavy atom. The summed E-state index contributed by atoms with van der Waals surface area (Å²) in [6.45, 7) is 0.429. The van der Waals surface area contributed by atoms with Crippen LogP contribution >= 0.6 is 0 Å². The van der Waals surface area contributed by atoms with Gasteiger partial charge >= 0.3 is 0 Å². The first-order valence-electron chi connectivity index (χ1n) is 10.4. The standard InChI is InChI=1S/C21H20F3N7O2/c1-29-16-8-15(14-9-21(14,23)24)27-30(16)7-6-13(20(29)33)19-26-18(17(25)32)28-31(19)10-11-2-4-12(22)5-3-11/h2-5,8,13-14H,6-7,9-10H2,1H3,(H2,25,32)/t13-,14-/m0/s1. The Morgan fingerprint density at radius 1 is 1.24 bits per heavy atom. The van der Waals surface area contributed by atoms with E-state index in [2.05, 4.69) is 15.2 Å². The van der Waals surface area contributed by atoms with Crippen LogP contribution in [0.3, 0.4) is 0 Å². The maximum atomic E-state index is 13.5. The number of carbonyl (C=O) groups excluding carboxylic acids is 2. The van der Waals surface area contributed by atoms with Crippen molar-refractivity contribution in [1.29, 1.82) is 0 Å². The van der Waals surface area contributed by atoms with Gasteiger partial charge in [-0.15, -0.1) is 5.10 Å². The monoisotopic (exact) mass is 459 g/mol. The van der Waals surface area contributed by atoms with E-state index in [4.69, 9.17) is 5.73 Å². The third-order valence-corrected chi connectivity index (χ3v) is 6.04. The minimum atomic E-state index is -2.76. The summed E-state index contributed by atoms with van der Waals surface area (Å²) in [6.07, 6.45) is 0.0186. The van der Waals surface area contributed by atoms with Crippen LogP contribution < -0.4 is 10.6 Å². The summed E-state index contributed by atoms with van der Waals surface area (Å²) < 4.78 is 43.2. The first-order chi connectivity index (χ1) is 15.6. The molecule has 0 radical (unpaired) electrons. The Bertz CT molecular complexity index is 1250. The fraction of sp³-hybridized carbons (Fsp3) is 0.381. The highest BCUT2D eigenvalue weighted by molar-refractivity contribution is 5.97. The molecule has 0 bridgehead atoms. The molecule has 3 heterocycles. The second-order valence-corrected chi connectivity index (χ2v) is 8.35. The zero-order valence-electron chi connectivity index (χ0n) is 17.6. The van der Waals surface area contributed by atoms with Gasteiger partial charge in [-0.3, -0.25) is 14.5 Å². The summed E-state index contributed by atoms with van der Waals surface area (Å²) in [6, 6.07) is 7.24.